The molecule has 3 aromatic rings. The molecule has 3 heterocycles. The van der Waals surface area contributed by atoms with Gasteiger partial charge in [-0.15, -0.1) is 0 Å². The van der Waals surface area contributed by atoms with Gasteiger partial charge in [0.15, 0.2) is 5.65 Å². The molecule has 2 aromatic heterocycles. The van der Waals surface area contributed by atoms with E-state index < -0.39 is 9.84 Å². The minimum atomic E-state index is -3.66. The van der Waals surface area contributed by atoms with E-state index in [0.29, 0.717) is 11.3 Å². The number of nitrogens with zero attached hydrogens (tertiary/aromatic N) is 3. The summed E-state index contributed by atoms with van der Waals surface area (Å²) in [5.41, 5.74) is 3.93. The van der Waals surface area contributed by atoms with Crippen LogP contribution in [0.1, 0.15) is 22.6 Å². The average molecular weight is 342 g/mol. The first-order chi connectivity index (χ1) is 11.5. The van der Waals surface area contributed by atoms with Gasteiger partial charge >= 0.3 is 0 Å². The zero-order chi connectivity index (χ0) is 16.9. The smallest absolute Gasteiger partial charge is 0.212 e. The molecular weight excluding hydrogens is 324 g/mol. The summed E-state index contributed by atoms with van der Waals surface area (Å²) in [7, 11) is -3.66. The number of rotatable bonds is 2. The summed E-state index contributed by atoms with van der Waals surface area (Å²) in [4.78, 5) is 5.06. The Balaban J connectivity index is 2.04. The van der Waals surface area contributed by atoms with Crippen LogP contribution in [0.3, 0.4) is 0 Å². The van der Waals surface area contributed by atoms with Gasteiger partial charge in [-0.05, 0) is 26.0 Å². The maximum absolute atomic E-state index is 13.1. The Morgan fingerprint density at radius 2 is 1.88 bits per heavy atom. The lowest BCUT2D eigenvalue weighted by Gasteiger charge is -2.19. The number of benzene rings is 1. The molecule has 1 N–H and O–H groups in total. The summed E-state index contributed by atoms with van der Waals surface area (Å²) < 4.78 is 27.9. The van der Waals surface area contributed by atoms with Gasteiger partial charge in [0, 0.05) is 30.8 Å². The number of hydrogen-bond acceptors (Lipinski definition) is 5. The third kappa shape index (κ3) is 2.16. The van der Waals surface area contributed by atoms with Crippen molar-refractivity contribution in [2.45, 2.75) is 36.6 Å². The van der Waals surface area contributed by atoms with Crippen LogP contribution in [0.2, 0.25) is 0 Å². The quantitative estimate of drug-likeness (QED) is 0.769. The molecule has 6 nitrogen and oxygen atoms in total. The van der Waals surface area contributed by atoms with E-state index in [1.807, 2.05) is 6.92 Å². The van der Waals surface area contributed by atoms with Crippen LogP contribution in [0.25, 0.3) is 5.65 Å². The van der Waals surface area contributed by atoms with Crippen LogP contribution in [0.4, 0.5) is 0 Å². The number of hydrogen-bond donors (Lipinski definition) is 1. The molecule has 0 saturated heterocycles. The second kappa shape index (κ2) is 5.39. The van der Waals surface area contributed by atoms with Crippen molar-refractivity contribution >= 4 is 15.5 Å². The summed E-state index contributed by atoms with van der Waals surface area (Å²) in [6, 6.07) is 8.45. The van der Waals surface area contributed by atoms with Crippen molar-refractivity contribution in [3.8, 4) is 0 Å². The zero-order valence-electron chi connectivity index (χ0n) is 13.6. The molecule has 1 aliphatic rings. The highest BCUT2D eigenvalue weighted by atomic mass is 32.2. The molecule has 0 aliphatic carbocycles. The third-order valence-electron chi connectivity index (χ3n) is 4.46. The Hall–Kier alpha value is -2.25. The van der Waals surface area contributed by atoms with E-state index >= 15 is 0 Å². The topological polar surface area (TPSA) is 76.4 Å². The number of aromatic nitrogens is 3. The maximum atomic E-state index is 13.1. The lowest BCUT2D eigenvalue weighted by atomic mass is 10.1. The highest BCUT2D eigenvalue weighted by molar-refractivity contribution is 7.91. The number of sulfone groups is 1. The molecule has 0 unspecified atom stereocenters. The van der Waals surface area contributed by atoms with Gasteiger partial charge in [0.25, 0.3) is 0 Å². The molecule has 0 atom stereocenters. The Morgan fingerprint density at radius 3 is 2.62 bits per heavy atom. The summed E-state index contributed by atoms with van der Waals surface area (Å²) >= 11 is 0. The first-order valence-corrected chi connectivity index (χ1v) is 9.37. The maximum Gasteiger partial charge on any atom is 0.212 e. The molecule has 4 rings (SSSR count). The molecule has 1 aliphatic heterocycles. The molecule has 24 heavy (non-hydrogen) atoms. The predicted molar refractivity (Wildman–Crippen MR) is 89.8 cm³/mol. The Bertz CT molecular complexity index is 1040. The van der Waals surface area contributed by atoms with Crippen LogP contribution < -0.4 is 5.32 Å². The van der Waals surface area contributed by atoms with Gasteiger partial charge < -0.3 is 5.32 Å². The molecule has 0 bridgehead atoms. The van der Waals surface area contributed by atoms with Crippen molar-refractivity contribution in [2.24, 2.45) is 0 Å². The van der Waals surface area contributed by atoms with Crippen molar-refractivity contribution in [1.29, 1.82) is 0 Å². The van der Waals surface area contributed by atoms with E-state index in [-0.39, 0.29) is 9.79 Å². The molecule has 0 spiro atoms. The second-order valence-electron chi connectivity index (χ2n) is 6.02. The standard InChI is InChI=1S/C17H18N4O2S/c1-11-14-10-18-9-8-15(14)21-17(19-11)16(12(2)20-21)24(22,23)13-6-4-3-5-7-13/h3-7,18H,8-10H2,1-2H3. The minimum Gasteiger partial charge on any atom is -0.312 e. The van der Waals surface area contributed by atoms with Crippen molar-refractivity contribution in [1.82, 2.24) is 19.9 Å². The molecule has 124 valence electrons. The van der Waals surface area contributed by atoms with Crippen LogP contribution >= 0.6 is 0 Å². The van der Waals surface area contributed by atoms with Crippen LogP contribution in [0, 0.1) is 13.8 Å². The largest absolute Gasteiger partial charge is 0.312 e. The second-order valence-corrected chi connectivity index (χ2v) is 7.90. The normalized spacial score (nSPS) is 14.8. The van der Waals surface area contributed by atoms with Crippen LogP contribution in [-0.2, 0) is 22.8 Å². The van der Waals surface area contributed by atoms with Gasteiger partial charge in [0.1, 0.15) is 4.90 Å². The van der Waals surface area contributed by atoms with Gasteiger partial charge in [-0.2, -0.15) is 5.10 Å². The van der Waals surface area contributed by atoms with Gasteiger partial charge in [0.05, 0.1) is 16.3 Å². The molecule has 0 radical (unpaired) electrons. The molecule has 1 aromatic carbocycles. The molecular formula is C17H18N4O2S. The third-order valence-corrected chi connectivity index (χ3v) is 6.37. The predicted octanol–water partition coefficient (Wildman–Crippen LogP) is 1.82. The van der Waals surface area contributed by atoms with Crippen LogP contribution in [-0.4, -0.2) is 29.6 Å². The number of aryl methyl sites for hydroxylation is 2. The monoisotopic (exact) mass is 342 g/mol. The van der Waals surface area contributed by atoms with Crippen LogP contribution in [0.15, 0.2) is 40.1 Å². The first-order valence-electron chi connectivity index (χ1n) is 7.88. The Morgan fingerprint density at radius 1 is 1.12 bits per heavy atom. The van der Waals surface area contributed by atoms with Gasteiger partial charge in [-0.25, -0.2) is 17.9 Å². The van der Waals surface area contributed by atoms with E-state index in [0.717, 1.165) is 36.5 Å². The summed E-state index contributed by atoms with van der Waals surface area (Å²) in [6.45, 7) is 5.25. The fraction of sp³-hybridized carbons (Fsp3) is 0.294. The SMILES string of the molecule is Cc1nc2c(S(=O)(=O)c3ccccc3)c(C)nn2c2c1CNCC2. The molecule has 7 heteroatoms. The highest BCUT2D eigenvalue weighted by Crippen LogP contribution is 2.29. The van der Waals surface area contributed by atoms with Crippen molar-refractivity contribution in [2.75, 3.05) is 6.54 Å². The van der Waals surface area contributed by atoms with Crippen LogP contribution in [0.5, 0.6) is 0 Å². The summed E-state index contributed by atoms with van der Waals surface area (Å²) in [6.07, 6.45) is 0.807. The van der Waals surface area contributed by atoms with E-state index in [2.05, 4.69) is 15.4 Å². The van der Waals surface area contributed by atoms with E-state index in [4.69, 9.17) is 0 Å². The fourth-order valence-electron chi connectivity index (χ4n) is 3.29. The Kier molecular flexibility index (Phi) is 3.43. The van der Waals surface area contributed by atoms with Gasteiger partial charge in [-0.1, -0.05) is 18.2 Å². The average Bonchev–Trinajstić information content (AvgIpc) is 2.93. The van der Waals surface area contributed by atoms with Crippen molar-refractivity contribution in [3.63, 3.8) is 0 Å². The summed E-state index contributed by atoms with van der Waals surface area (Å²) in [5, 5.41) is 7.83. The molecule has 0 saturated carbocycles. The lowest BCUT2D eigenvalue weighted by Crippen LogP contribution is -2.27. The zero-order valence-corrected chi connectivity index (χ0v) is 14.4. The lowest BCUT2D eigenvalue weighted by molar-refractivity contribution is 0.595. The molecule has 0 amide bonds. The minimum absolute atomic E-state index is 0.207. The molecule has 0 fully saturated rings. The number of fused-ring (bicyclic) bond motifs is 3. The van der Waals surface area contributed by atoms with Gasteiger partial charge in [-0.3, -0.25) is 0 Å². The van der Waals surface area contributed by atoms with E-state index in [1.165, 1.54) is 0 Å². The van der Waals surface area contributed by atoms with Crippen molar-refractivity contribution < 1.29 is 8.42 Å². The van der Waals surface area contributed by atoms with E-state index in [1.54, 1.807) is 41.8 Å². The highest BCUT2D eigenvalue weighted by Gasteiger charge is 2.29. The fourth-order valence-corrected chi connectivity index (χ4v) is 4.84. The van der Waals surface area contributed by atoms with Gasteiger partial charge in [0.2, 0.25) is 9.84 Å². The van der Waals surface area contributed by atoms with E-state index in [9.17, 15) is 8.42 Å². The van der Waals surface area contributed by atoms with Crippen molar-refractivity contribution in [3.05, 3.63) is 53.0 Å². The first kappa shape index (κ1) is 15.3. The summed E-state index contributed by atoms with van der Waals surface area (Å²) in [5.74, 6) is 0. The Labute approximate surface area is 140 Å². The number of nitrogens with one attached hydrogen (secondary N) is 1.